The molecule has 4 heterocycles. The molecule has 226 valence electrons. The fourth-order valence-corrected chi connectivity index (χ4v) is 6.48. The molecule has 0 bridgehead atoms. The highest BCUT2D eigenvalue weighted by atomic mass is 28.3. The van der Waals surface area contributed by atoms with E-state index in [9.17, 15) is 19.2 Å². The van der Waals surface area contributed by atoms with E-state index in [1.165, 1.54) is 11.1 Å². The molecular formula is C32H39N5O5Si. The highest BCUT2D eigenvalue weighted by Gasteiger charge is 2.43. The van der Waals surface area contributed by atoms with E-state index in [2.05, 4.69) is 41.4 Å². The lowest BCUT2D eigenvalue weighted by Gasteiger charge is -2.35. The van der Waals surface area contributed by atoms with E-state index in [1.54, 1.807) is 17.0 Å². The quantitative estimate of drug-likeness (QED) is 0.202. The van der Waals surface area contributed by atoms with Gasteiger partial charge < -0.3 is 20.3 Å². The predicted octanol–water partition coefficient (Wildman–Crippen LogP) is 3.23. The minimum absolute atomic E-state index is 0.0717. The second-order valence-corrected chi connectivity index (χ2v) is 18.3. The molecule has 1 aromatic carbocycles. The molecule has 1 aromatic heterocycles. The number of amides is 4. The second kappa shape index (κ2) is 12.7. The van der Waals surface area contributed by atoms with Gasteiger partial charge in [0.15, 0.2) is 0 Å². The number of hydrogen-bond acceptors (Lipinski definition) is 7. The molecule has 0 saturated carbocycles. The van der Waals surface area contributed by atoms with E-state index in [4.69, 9.17) is 10.5 Å². The Hall–Kier alpha value is -4.01. The van der Waals surface area contributed by atoms with E-state index in [1.807, 2.05) is 18.2 Å². The number of nitrogens with two attached hydrogens (primary N) is 1. The average Bonchev–Trinajstić information content (AvgIpc) is 3.57. The second-order valence-electron chi connectivity index (χ2n) is 12.7. The highest BCUT2D eigenvalue weighted by Crippen LogP contribution is 2.31. The largest absolute Gasteiger partial charge is 0.366 e. The van der Waals surface area contributed by atoms with Crippen LogP contribution in [0.25, 0.3) is 0 Å². The molecule has 43 heavy (non-hydrogen) atoms. The first-order chi connectivity index (χ1) is 20.5. The van der Waals surface area contributed by atoms with Gasteiger partial charge in [-0.3, -0.25) is 24.1 Å². The number of imide groups is 1. The van der Waals surface area contributed by atoms with Crippen LogP contribution in [0.15, 0.2) is 36.5 Å². The molecule has 1 unspecified atom stereocenters. The van der Waals surface area contributed by atoms with Crippen molar-refractivity contribution in [3.8, 4) is 11.8 Å². The smallest absolute Gasteiger partial charge is 0.255 e. The summed E-state index contributed by atoms with van der Waals surface area (Å²) < 4.78 is 5.71. The van der Waals surface area contributed by atoms with Gasteiger partial charge in [0.05, 0.1) is 5.56 Å². The first-order valence-electron chi connectivity index (χ1n) is 14.9. The summed E-state index contributed by atoms with van der Waals surface area (Å²) in [6, 6.07) is 9.28. The number of piperidine rings is 1. The maximum Gasteiger partial charge on any atom is 0.255 e. The van der Waals surface area contributed by atoms with Gasteiger partial charge in [-0.1, -0.05) is 37.5 Å². The molecule has 2 aromatic rings. The van der Waals surface area contributed by atoms with Crippen molar-refractivity contribution in [3.63, 3.8) is 0 Å². The number of likely N-dealkylation sites (tertiary alicyclic amines) is 1. The number of carbonyl (C=O) groups excluding carboxylic acids is 4. The molecule has 11 heteroatoms. The van der Waals surface area contributed by atoms with Gasteiger partial charge >= 0.3 is 0 Å². The molecule has 5 rings (SSSR count). The zero-order chi connectivity index (χ0) is 30.7. The molecule has 4 amide bonds. The Morgan fingerprint density at radius 3 is 2.67 bits per heavy atom. The molecule has 2 atom stereocenters. The van der Waals surface area contributed by atoms with Crippen LogP contribution in [-0.2, 0) is 20.9 Å². The summed E-state index contributed by atoms with van der Waals surface area (Å²) in [5.41, 5.74) is 7.88. The van der Waals surface area contributed by atoms with E-state index in [-0.39, 0.29) is 37.4 Å². The molecule has 2 N–H and O–H groups in total. The van der Waals surface area contributed by atoms with E-state index < -0.39 is 20.0 Å². The number of fused-ring (bicyclic) bond motifs is 1. The van der Waals surface area contributed by atoms with Crippen LogP contribution >= 0.6 is 0 Å². The molecule has 10 nitrogen and oxygen atoms in total. The number of carbonyl (C=O) groups is 4. The van der Waals surface area contributed by atoms with Crippen molar-refractivity contribution >= 4 is 37.5 Å². The van der Waals surface area contributed by atoms with Crippen LogP contribution in [0.5, 0.6) is 0 Å². The Morgan fingerprint density at radius 1 is 1.14 bits per heavy atom. The Bertz CT molecular complexity index is 1480. The van der Waals surface area contributed by atoms with Gasteiger partial charge in [0.1, 0.15) is 18.6 Å². The molecule has 0 spiro atoms. The maximum atomic E-state index is 13.4. The lowest BCUT2D eigenvalue weighted by molar-refractivity contribution is -0.158. The van der Waals surface area contributed by atoms with Crippen molar-refractivity contribution in [2.24, 2.45) is 11.7 Å². The lowest BCUT2D eigenvalue weighted by atomic mass is 10.0. The van der Waals surface area contributed by atoms with Crippen LogP contribution < -0.4 is 10.6 Å². The average molecular weight is 602 g/mol. The van der Waals surface area contributed by atoms with Crippen LogP contribution in [0.2, 0.25) is 25.7 Å². The number of rotatable bonds is 9. The molecule has 0 aliphatic carbocycles. The van der Waals surface area contributed by atoms with Crippen molar-refractivity contribution in [1.82, 2.24) is 14.8 Å². The van der Waals surface area contributed by atoms with Crippen molar-refractivity contribution in [3.05, 3.63) is 58.8 Å². The number of ether oxygens (including phenoxy) is 1. The van der Waals surface area contributed by atoms with Crippen molar-refractivity contribution in [1.29, 1.82) is 0 Å². The first-order valence-corrected chi connectivity index (χ1v) is 18.6. The van der Waals surface area contributed by atoms with Crippen LogP contribution in [0.3, 0.4) is 0 Å². The third-order valence-corrected chi connectivity index (χ3v) is 10.0. The predicted molar refractivity (Wildman–Crippen MR) is 165 cm³/mol. The fraction of sp³-hybridized carbons (Fsp3) is 0.469. The minimum Gasteiger partial charge on any atom is -0.366 e. The lowest BCUT2D eigenvalue weighted by Crippen LogP contribution is -2.55. The number of primary amides is 1. The molecular weight excluding hydrogens is 562 g/mol. The van der Waals surface area contributed by atoms with Gasteiger partial charge in [-0.05, 0) is 54.6 Å². The van der Waals surface area contributed by atoms with Gasteiger partial charge in [0.2, 0.25) is 11.8 Å². The van der Waals surface area contributed by atoms with Crippen molar-refractivity contribution < 1.29 is 23.9 Å². The van der Waals surface area contributed by atoms with Crippen LogP contribution in [0.4, 0.5) is 5.82 Å². The summed E-state index contributed by atoms with van der Waals surface area (Å²) in [7, 11) is -1.30. The number of aromatic nitrogens is 1. The van der Waals surface area contributed by atoms with Crippen molar-refractivity contribution in [2.45, 2.75) is 64.0 Å². The van der Waals surface area contributed by atoms with Crippen LogP contribution in [0.1, 0.15) is 57.5 Å². The maximum absolute atomic E-state index is 13.4. The number of hydrogen-bond donors (Lipinski definition) is 1. The van der Waals surface area contributed by atoms with Gasteiger partial charge in [0.25, 0.3) is 11.8 Å². The van der Waals surface area contributed by atoms with E-state index in [0.29, 0.717) is 36.5 Å². The molecule has 2 saturated heterocycles. The normalized spacial score (nSPS) is 20.3. The summed E-state index contributed by atoms with van der Waals surface area (Å²) in [6.07, 6.45) is 3.69. The van der Waals surface area contributed by atoms with E-state index in [0.717, 1.165) is 42.5 Å². The third kappa shape index (κ3) is 6.97. The molecule has 0 radical (unpaired) electrons. The summed E-state index contributed by atoms with van der Waals surface area (Å²) in [5.74, 6) is 6.46. The van der Waals surface area contributed by atoms with Gasteiger partial charge in [-0.15, -0.1) is 0 Å². The Kier molecular flexibility index (Phi) is 8.99. The monoisotopic (exact) mass is 601 g/mol. The van der Waals surface area contributed by atoms with Gasteiger partial charge in [0, 0.05) is 64.5 Å². The topological polar surface area (TPSA) is 126 Å². The van der Waals surface area contributed by atoms with Crippen molar-refractivity contribution in [2.75, 3.05) is 31.3 Å². The first kappa shape index (κ1) is 30.4. The Labute approximate surface area is 253 Å². The number of benzene rings is 1. The summed E-state index contributed by atoms with van der Waals surface area (Å²) >= 11 is 0. The molecule has 3 aliphatic heterocycles. The van der Waals surface area contributed by atoms with E-state index >= 15 is 0 Å². The summed E-state index contributed by atoms with van der Waals surface area (Å²) in [4.78, 5) is 60.0. The Balaban J connectivity index is 1.20. The highest BCUT2D eigenvalue weighted by molar-refractivity contribution is 6.76. The van der Waals surface area contributed by atoms with Crippen LogP contribution in [0, 0.1) is 17.8 Å². The standard InChI is InChI=1S/C32H39N5O5Si/c1-43(2,3)17-16-42-21-37-29(38)13-11-27(32(37)41)36-20-26-23(8-5-9-25(26)31(36)40)7-4-6-22-14-15-35(19-22)28-12-10-24(18-34-28)30(33)39/h5,8-10,12,18,22,27H,6,11,13-17,19-21H2,1-3H3,(H2,33,39)/t22-,27?/m1/s1. The number of nitrogens with zero attached hydrogens (tertiary/aromatic N) is 4. The molecule has 3 aliphatic rings. The van der Waals surface area contributed by atoms with Crippen LogP contribution in [-0.4, -0.2) is 79.0 Å². The number of pyridine rings is 1. The van der Waals surface area contributed by atoms with Gasteiger partial charge in [-0.2, -0.15) is 0 Å². The SMILES string of the molecule is C[Si](C)(C)CCOCN1C(=O)CCC(N2Cc3c(C#CC[C@@H]4CCN(c5ccc(C(N)=O)cn5)C4)cccc3C2=O)C1=O. The zero-order valence-corrected chi connectivity index (χ0v) is 26.1. The van der Waals surface area contributed by atoms with Gasteiger partial charge in [-0.25, -0.2) is 4.98 Å². The number of anilines is 1. The fourth-order valence-electron chi connectivity index (χ4n) is 5.72. The minimum atomic E-state index is -1.30. The summed E-state index contributed by atoms with van der Waals surface area (Å²) in [6.45, 7) is 9.14. The molecule has 2 fully saturated rings. The zero-order valence-electron chi connectivity index (χ0n) is 25.1. The summed E-state index contributed by atoms with van der Waals surface area (Å²) in [5, 5.41) is 0. The third-order valence-electron chi connectivity index (χ3n) is 8.33. The Morgan fingerprint density at radius 2 is 1.95 bits per heavy atom.